The molecule has 2 rings (SSSR count). The molecule has 20 heavy (non-hydrogen) atoms. The van der Waals surface area contributed by atoms with Crippen LogP contribution < -0.4 is 11.1 Å². The topological polar surface area (TPSA) is 75.3 Å². The molecule has 110 valence electrons. The fourth-order valence-electron chi connectivity index (χ4n) is 2.49. The molecule has 0 bridgehead atoms. The molecule has 4 heteroatoms. The monoisotopic (exact) mass is 276 g/mol. The molecule has 1 aromatic rings. The Morgan fingerprint density at radius 3 is 2.60 bits per heavy atom. The third kappa shape index (κ3) is 3.58. The quantitative estimate of drug-likeness (QED) is 0.708. The van der Waals surface area contributed by atoms with E-state index in [1.54, 1.807) is 0 Å². The summed E-state index contributed by atoms with van der Waals surface area (Å²) in [5.74, 6) is -0.270. The molecule has 1 aromatic carbocycles. The number of nitrogens with one attached hydrogen (secondary N) is 1. The average molecular weight is 276 g/mol. The van der Waals surface area contributed by atoms with Crippen molar-refractivity contribution in [3.63, 3.8) is 0 Å². The number of hydrogen-bond donors (Lipinski definition) is 3. The lowest BCUT2D eigenvalue weighted by atomic mass is 9.94. The van der Waals surface area contributed by atoms with Crippen LogP contribution in [0.25, 0.3) is 0 Å². The molecule has 0 aliphatic heterocycles. The maximum absolute atomic E-state index is 12.2. The summed E-state index contributed by atoms with van der Waals surface area (Å²) in [4.78, 5) is 12.2. The molecule has 1 fully saturated rings. The van der Waals surface area contributed by atoms with E-state index < -0.39 is 0 Å². The van der Waals surface area contributed by atoms with E-state index in [1.165, 1.54) is 0 Å². The minimum atomic E-state index is -0.288. The summed E-state index contributed by atoms with van der Waals surface area (Å²) in [6, 6.07) is 9.41. The van der Waals surface area contributed by atoms with Crippen LogP contribution in [0.5, 0.6) is 0 Å². The Balaban J connectivity index is 1.86. The number of carbonyl (C=O) groups is 1. The molecule has 0 aromatic heterocycles. The summed E-state index contributed by atoms with van der Waals surface area (Å²) in [6.07, 6.45) is 2.95. The van der Waals surface area contributed by atoms with E-state index in [0.717, 1.165) is 24.8 Å². The van der Waals surface area contributed by atoms with E-state index in [1.807, 2.05) is 37.3 Å². The second kappa shape index (κ2) is 6.37. The SMILES string of the molecule is CC(C(=O)NCC1(CCO)CC1)C(N)c1ccccc1. The molecule has 2 atom stereocenters. The van der Waals surface area contributed by atoms with Crippen LogP contribution in [0.15, 0.2) is 30.3 Å². The number of aliphatic hydroxyl groups is 1. The molecule has 4 nitrogen and oxygen atoms in total. The summed E-state index contributed by atoms with van der Waals surface area (Å²) < 4.78 is 0. The van der Waals surface area contributed by atoms with Crippen LogP contribution in [0.3, 0.4) is 0 Å². The van der Waals surface area contributed by atoms with Gasteiger partial charge in [-0.2, -0.15) is 0 Å². The molecule has 4 N–H and O–H groups in total. The first-order valence-corrected chi connectivity index (χ1v) is 7.27. The highest BCUT2D eigenvalue weighted by Gasteiger charge is 2.42. The maximum atomic E-state index is 12.2. The number of carbonyl (C=O) groups excluding carboxylic acids is 1. The Morgan fingerprint density at radius 1 is 1.40 bits per heavy atom. The van der Waals surface area contributed by atoms with Crippen LogP contribution >= 0.6 is 0 Å². The smallest absolute Gasteiger partial charge is 0.224 e. The molecule has 1 amide bonds. The van der Waals surface area contributed by atoms with Gasteiger partial charge >= 0.3 is 0 Å². The lowest BCUT2D eigenvalue weighted by Gasteiger charge is -2.22. The third-order valence-electron chi connectivity index (χ3n) is 4.37. The van der Waals surface area contributed by atoms with Crippen molar-refractivity contribution in [2.75, 3.05) is 13.2 Å². The molecule has 0 heterocycles. The van der Waals surface area contributed by atoms with Crippen molar-refractivity contribution in [1.82, 2.24) is 5.32 Å². The summed E-state index contributed by atoms with van der Waals surface area (Å²) in [6.45, 7) is 2.70. The molecule has 1 saturated carbocycles. The van der Waals surface area contributed by atoms with Gasteiger partial charge in [-0.05, 0) is 30.2 Å². The minimum absolute atomic E-state index is 0.00873. The molecular weight excluding hydrogens is 252 g/mol. The van der Waals surface area contributed by atoms with Crippen molar-refractivity contribution < 1.29 is 9.90 Å². The van der Waals surface area contributed by atoms with Gasteiger partial charge in [-0.25, -0.2) is 0 Å². The minimum Gasteiger partial charge on any atom is -0.396 e. The fraction of sp³-hybridized carbons (Fsp3) is 0.562. The average Bonchev–Trinajstić information content (AvgIpc) is 3.24. The molecule has 1 aliphatic carbocycles. The van der Waals surface area contributed by atoms with Crippen LogP contribution in [0.1, 0.15) is 37.8 Å². The van der Waals surface area contributed by atoms with Gasteiger partial charge in [0, 0.05) is 19.2 Å². The van der Waals surface area contributed by atoms with Gasteiger partial charge in [-0.1, -0.05) is 37.3 Å². The number of aliphatic hydroxyl groups excluding tert-OH is 1. The van der Waals surface area contributed by atoms with Crippen LogP contribution in [0, 0.1) is 11.3 Å². The van der Waals surface area contributed by atoms with Gasteiger partial charge in [0.2, 0.25) is 5.91 Å². The highest BCUT2D eigenvalue weighted by Crippen LogP contribution is 2.47. The third-order valence-corrected chi connectivity index (χ3v) is 4.37. The summed E-state index contributed by atoms with van der Waals surface area (Å²) in [5, 5.41) is 12.0. The zero-order chi connectivity index (χ0) is 14.6. The fourth-order valence-corrected chi connectivity index (χ4v) is 2.49. The van der Waals surface area contributed by atoms with E-state index in [2.05, 4.69) is 5.32 Å². The normalized spacial score (nSPS) is 19.1. The van der Waals surface area contributed by atoms with Crippen molar-refractivity contribution in [2.24, 2.45) is 17.1 Å². The van der Waals surface area contributed by atoms with Gasteiger partial charge < -0.3 is 16.2 Å². The summed E-state index contributed by atoms with van der Waals surface area (Å²) in [7, 11) is 0. The number of benzene rings is 1. The van der Waals surface area contributed by atoms with Crippen molar-refractivity contribution in [3.8, 4) is 0 Å². The molecule has 0 spiro atoms. The van der Waals surface area contributed by atoms with Gasteiger partial charge in [0.15, 0.2) is 0 Å². The second-order valence-electron chi connectivity index (χ2n) is 5.92. The molecule has 1 aliphatic rings. The molecule has 0 saturated heterocycles. The Morgan fingerprint density at radius 2 is 2.05 bits per heavy atom. The van der Waals surface area contributed by atoms with Crippen molar-refractivity contribution in [2.45, 2.75) is 32.2 Å². The van der Waals surface area contributed by atoms with Crippen molar-refractivity contribution >= 4 is 5.91 Å². The predicted octanol–water partition coefficient (Wildman–Crippen LogP) is 1.60. The lowest BCUT2D eigenvalue weighted by Crippen LogP contribution is -2.38. The number of amides is 1. The highest BCUT2D eigenvalue weighted by molar-refractivity contribution is 5.79. The first-order valence-electron chi connectivity index (χ1n) is 7.27. The molecule has 2 unspecified atom stereocenters. The van der Waals surface area contributed by atoms with Gasteiger partial charge in [-0.15, -0.1) is 0 Å². The first-order chi connectivity index (χ1) is 9.58. The Labute approximate surface area is 120 Å². The zero-order valence-corrected chi connectivity index (χ0v) is 12.0. The largest absolute Gasteiger partial charge is 0.396 e. The van der Waals surface area contributed by atoms with Gasteiger partial charge in [0.25, 0.3) is 0 Å². The van der Waals surface area contributed by atoms with E-state index in [4.69, 9.17) is 10.8 Å². The van der Waals surface area contributed by atoms with E-state index in [-0.39, 0.29) is 29.9 Å². The zero-order valence-electron chi connectivity index (χ0n) is 12.0. The molecule has 0 radical (unpaired) electrons. The van der Waals surface area contributed by atoms with Crippen LogP contribution in [-0.2, 0) is 4.79 Å². The summed E-state index contributed by atoms with van der Waals surface area (Å²) in [5.41, 5.74) is 7.27. The van der Waals surface area contributed by atoms with Crippen molar-refractivity contribution in [3.05, 3.63) is 35.9 Å². The lowest BCUT2D eigenvalue weighted by molar-refractivity contribution is -0.125. The van der Waals surface area contributed by atoms with Crippen molar-refractivity contribution in [1.29, 1.82) is 0 Å². The van der Waals surface area contributed by atoms with Crippen LogP contribution in [0.2, 0.25) is 0 Å². The Bertz CT molecular complexity index is 443. The second-order valence-corrected chi connectivity index (χ2v) is 5.92. The molecular formula is C16H24N2O2. The number of nitrogens with two attached hydrogens (primary N) is 1. The predicted molar refractivity (Wildman–Crippen MR) is 78.9 cm³/mol. The van der Waals surface area contributed by atoms with Gasteiger partial charge in [-0.3, -0.25) is 4.79 Å². The highest BCUT2D eigenvalue weighted by atomic mass is 16.3. The first kappa shape index (κ1) is 15.0. The van der Waals surface area contributed by atoms with Crippen LogP contribution in [-0.4, -0.2) is 24.2 Å². The maximum Gasteiger partial charge on any atom is 0.224 e. The van der Waals surface area contributed by atoms with Crippen LogP contribution in [0.4, 0.5) is 0 Å². The number of hydrogen-bond acceptors (Lipinski definition) is 3. The standard InChI is InChI=1S/C16H24N2O2/c1-12(14(17)13-5-3-2-4-6-13)15(20)18-11-16(7-8-16)9-10-19/h2-6,12,14,19H,7-11,17H2,1H3,(H,18,20). The Kier molecular flexibility index (Phi) is 4.78. The van der Waals surface area contributed by atoms with E-state index in [9.17, 15) is 4.79 Å². The Hall–Kier alpha value is -1.39. The van der Waals surface area contributed by atoms with E-state index in [0.29, 0.717) is 6.54 Å². The number of rotatable bonds is 7. The van der Waals surface area contributed by atoms with Gasteiger partial charge in [0.1, 0.15) is 0 Å². The summed E-state index contributed by atoms with van der Waals surface area (Å²) >= 11 is 0. The van der Waals surface area contributed by atoms with E-state index >= 15 is 0 Å². The van der Waals surface area contributed by atoms with Gasteiger partial charge in [0.05, 0.1) is 5.92 Å².